The number of rotatable bonds is 6. The molecule has 1 atom stereocenters. The van der Waals surface area contributed by atoms with Crippen molar-refractivity contribution >= 4 is 0 Å². The fourth-order valence-electron chi connectivity index (χ4n) is 1.11. The second-order valence-electron chi connectivity index (χ2n) is 3.20. The highest BCUT2D eigenvalue weighted by Gasteiger charge is 2.00. The van der Waals surface area contributed by atoms with Crippen molar-refractivity contribution in [2.24, 2.45) is 0 Å². The highest BCUT2D eigenvalue weighted by Crippen LogP contribution is 2.08. The minimum Gasteiger partial charge on any atom is -0.492 e. The molecule has 1 aromatic carbocycles. The van der Waals surface area contributed by atoms with E-state index in [1.54, 1.807) is 0 Å². The Morgan fingerprint density at radius 3 is 2.71 bits per heavy atom. The van der Waals surface area contributed by atoms with Gasteiger partial charge in [-0.15, -0.1) is 0 Å². The van der Waals surface area contributed by atoms with Crippen LogP contribution in [0.1, 0.15) is 6.92 Å². The molecule has 0 aromatic heterocycles. The Balaban J connectivity index is 2.20. The van der Waals surface area contributed by atoms with E-state index in [0.29, 0.717) is 13.2 Å². The Labute approximate surface area is 84.7 Å². The van der Waals surface area contributed by atoms with Crippen LogP contribution in [-0.4, -0.2) is 30.9 Å². The first-order valence-electron chi connectivity index (χ1n) is 4.85. The van der Waals surface area contributed by atoms with Gasteiger partial charge in [0.1, 0.15) is 12.4 Å². The van der Waals surface area contributed by atoms with Gasteiger partial charge in [0.25, 0.3) is 0 Å². The summed E-state index contributed by atoms with van der Waals surface area (Å²) in [6, 6.07) is 9.96. The van der Waals surface area contributed by atoms with Crippen LogP contribution in [-0.2, 0) is 0 Å². The molecule has 14 heavy (non-hydrogen) atoms. The number of hydrogen-bond acceptors (Lipinski definition) is 3. The van der Waals surface area contributed by atoms with Gasteiger partial charge in [-0.3, -0.25) is 0 Å². The lowest BCUT2D eigenvalue weighted by Gasteiger charge is -2.13. The molecule has 0 aliphatic rings. The van der Waals surface area contributed by atoms with E-state index < -0.39 is 0 Å². The van der Waals surface area contributed by atoms with Crippen molar-refractivity contribution in [1.29, 1.82) is 0 Å². The maximum absolute atomic E-state index is 8.60. The van der Waals surface area contributed by atoms with Gasteiger partial charge in [-0.2, -0.15) is 0 Å². The number of benzene rings is 1. The van der Waals surface area contributed by atoms with Crippen molar-refractivity contribution in [2.45, 2.75) is 13.0 Å². The van der Waals surface area contributed by atoms with E-state index in [1.165, 1.54) is 0 Å². The molecular weight excluding hydrogens is 178 g/mol. The third-order valence-electron chi connectivity index (χ3n) is 1.85. The predicted octanol–water partition coefficient (Wildman–Crippen LogP) is 1.04. The zero-order valence-corrected chi connectivity index (χ0v) is 8.44. The molecule has 0 bridgehead atoms. The molecule has 3 nitrogen and oxygen atoms in total. The first-order valence-corrected chi connectivity index (χ1v) is 4.85. The lowest BCUT2D eigenvalue weighted by atomic mass is 10.3. The van der Waals surface area contributed by atoms with Crippen LogP contribution in [0.5, 0.6) is 5.75 Å². The van der Waals surface area contributed by atoms with Crippen LogP contribution in [0.4, 0.5) is 0 Å². The van der Waals surface area contributed by atoms with Gasteiger partial charge >= 0.3 is 0 Å². The molecule has 0 fully saturated rings. The van der Waals surface area contributed by atoms with E-state index >= 15 is 0 Å². The SMILES string of the molecule is CC(COc1ccccc1)NCCO. The molecular formula is C11H17NO2. The molecule has 78 valence electrons. The smallest absolute Gasteiger partial charge is 0.119 e. The molecule has 0 radical (unpaired) electrons. The van der Waals surface area contributed by atoms with Gasteiger partial charge in [0.15, 0.2) is 0 Å². The Bertz CT molecular complexity index is 238. The predicted molar refractivity (Wildman–Crippen MR) is 56.5 cm³/mol. The maximum Gasteiger partial charge on any atom is 0.119 e. The molecule has 1 aromatic rings. The van der Waals surface area contributed by atoms with Crippen LogP contribution in [0.2, 0.25) is 0 Å². The van der Waals surface area contributed by atoms with Crippen molar-refractivity contribution in [1.82, 2.24) is 5.32 Å². The van der Waals surface area contributed by atoms with Crippen LogP contribution in [0.3, 0.4) is 0 Å². The molecule has 0 spiro atoms. The quantitative estimate of drug-likeness (QED) is 0.712. The lowest BCUT2D eigenvalue weighted by Crippen LogP contribution is -2.33. The third kappa shape index (κ3) is 4.25. The first-order chi connectivity index (χ1) is 6.83. The van der Waals surface area contributed by atoms with Crippen LogP contribution in [0.15, 0.2) is 30.3 Å². The third-order valence-corrected chi connectivity index (χ3v) is 1.85. The van der Waals surface area contributed by atoms with E-state index in [4.69, 9.17) is 9.84 Å². The van der Waals surface area contributed by atoms with E-state index in [-0.39, 0.29) is 12.6 Å². The first kappa shape index (κ1) is 11.0. The van der Waals surface area contributed by atoms with Crippen molar-refractivity contribution < 1.29 is 9.84 Å². The average molecular weight is 195 g/mol. The lowest BCUT2D eigenvalue weighted by molar-refractivity contribution is 0.248. The highest BCUT2D eigenvalue weighted by molar-refractivity contribution is 5.20. The molecule has 0 aliphatic heterocycles. The second kappa shape index (κ2) is 6.40. The van der Waals surface area contributed by atoms with Crippen LogP contribution < -0.4 is 10.1 Å². The summed E-state index contributed by atoms with van der Waals surface area (Å²) >= 11 is 0. The van der Waals surface area contributed by atoms with Gasteiger partial charge in [0.2, 0.25) is 0 Å². The molecule has 0 aliphatic carbocycles. The number of aliphatic hydroxyl groups is 1. The molecule has 0 amide bonds. The van der Waals surface area contributed by atoms with E-state index in [0.717, 1.165) is 5.75 Å². The number of ether oxygens (including phenoxy) is 1. The Hall–Kier alpha value is -1.06. The van der Waals surface area contributed by atoms with Gasteiger partial charge in [-0.1, -0.05) is 18.2 Å². The van der Waals surface area contributed by atoms with Gasteiger partial charge in [-0.05, 0) is 19.1 Å². The fraction of sp³-hybridized carbons (Fsp3) is 0.455. The normalized spacial score (nSPS) is 12.4. The largest absolute Gasteiger partial charge is 0.492 e. The summed E-state index contributed by atoms with van der Waals surface area (Å²) in [5, 5.41) is 11.7. The summed E-state index contributed by atoms with van der Waals surface area (Å²) in [5.41, 5.74) is 0. The number of para-hydroxylation sites is 1. The molecule has 0 saturated heterocycles. The van der Waals surface area contributed by atoms with Gasteiger partial charge in [0.05, 0.1) is 6.61 Å². The van der Waals surface area contributed by atoms with E-state index in [2.05, 4.69) is 5.32 Å². The van der Waals surface area contributed by atoms with Crippen LogP contribution in [0.25, 0.3) is 0 Å². The summed E-state index contributed by atoms with van der Waals surface area (Å²) < 4.78 is 5.52. The zero-order valence-electron chi connectivity index (χ0n) is 8.44. The van der Waals surface area contributed by atoms with Crippen molar-refractivity contribution in [2.75, 3.05) is 19.8 Å². The Morgan fingerprint density at radius 1 is 1.36 bits per heavy atom. The summed E-state index contributed by atoms with van der Waals surface area (Å²) in [4.78, 5) is 0. The topological polar surface area (TPSA) is 41.5 Å². The standard InChI is InChI=1S/C11H17NO2/c1-10(12-7-8-13)9-14-11-5-3-2-4-6-11/h2-6,10,12-13H,7-9H2,1H3. The molecule has 0 saturated carbocycles. The summed E-state index contributed by atoms with van der Waals surface area (Å²) in [6.07, 6.45) is 0. The molecule has 3 heteroatoms. The fourth-order valence-corrected chi connectivity index (χ4v) is 1.11. The van der Waals surface area contributed by atoms with Crippen molar-refractivity contribution in [3.05, 3.63) is 30.3 Å². The minimum atomic E-state index is 0.162. The van der Waals surface area contributed by atoms with Crippen LogP contribution in [0, 0.1) is 0 Å². The summed E-state index contributed by atoms with van der Waals surface area (Å²) in [6.45, 7) is 3.41. The van der Waals surface area contributed by atoms with E-state index in [9.17, 15) is 0 Å². The average Bonchev–Trinajstić information content (AvgIpc) is 2.25. The van der Waals surface area contributed by atoms with Gasteiger partial charge in [-0.25, -0.2) is 0 Å². The Morgan fingerprint density at radius 2 is 2.07 bits per heavy atom. The number of hydrogen-bond donors (Lipinski definition) is 2. The van der Waals surface area contributed by atoms with Crippen LogP contribution >= 0.6 is 0 Å². The summed E-state index contributed by atoms with van der Waals surface area (Å²) in [7, 11) is 0. The monoisotopic (exact) mass is 195 g/mol. The number of aliphatic hydroxyl groups excluding tert-OH is 1. The molecule has 0 heterocycles. The van der Waals surface area contributed by atoms with Crippen molar-refractivity contribution in [3.63, 3.8) is 0 Å². The van der Waals surface area contributed by atoms with Gasteiger partial charge in [0, 0.05) is 12.6 Å². The zero-order chi connectivity index (χ0) is 10.2. The molecule has 2 N–H and O–H groups in total. The Kier molecular flexibility index (Phi) is 5.04. The van der Waals surface area contributed by atoms with Gasteiger partial charge < -0.3 is 15.2 Å². The number of nitrogens with one attached hydrogen (secondary N) is 1. The maximum atomic E-state index is 8.60. The van der Waals surface area contributed by atoms with Crippen molar-refractivity contribution in [3.8, 4) is 5.75 Å². The highest BCUT2D eigenvalue weighted by atomic mass is 16.5. The minimum absolute atomic E-state index is 0.162. The summed E-state index contributed by atoms with van der Waals surface area (Å²) in [5.74, 6) is 0.880. The van der Waals surface area contributed by atoms with E-state index in [1.807, 2.05) is 37.3 Å². The molecule has 1 unspecified atom stereocenters. The molecule has 1 rings (SSSR count). The second-order valence-corrected chi connectivity index (χ2v) is 3.20.